The molecule has 0 aliphatic carbocycles. The third kappa shape index (κ3) is 5.97. The Hall–Kier alpha value is -0.770. The van der Waals surface area contributed by atoms with Gasteiger partial charge >= 0.3 is 6.16 Å². The van der Waals surface area contributed by atoms with E-state index in [1.807, 2.05) is 13.8 Å². The fourth-order valence-corrected chi connectivity index (χ4v) is 0.698. The third-order valence-electron chi connectivity index (χ3n) is 0.988. The van der Waals surface area contributed by atoms with E-state index in [0.717, 1.165) is 0 Å². The molecule has 0 rings (SSSR count). The maximum Gasteiger partial charge on any atom is 0.510 e. The van der Waals surface area contributed by atoms with Gasteiger partial charge in [-0.2, -0.15) is 0 Å². The summed E-state index contributed by atoms with van der Waals surface area (Å²) in [6.07, 6.45) is -1.20. The Labute approximate surface area is 72.8 Å². The fraction of sp³-hybridized carbons (Fsp3) is 0.875. The normalized spacial score (nSPS) is 12.8. The molecule has 0 aliphatic rings. The van der Waals surface area contributed by atoms with Gasteiger partial charge in [-0.3, -0.25) is 0 Å². The first-order valence-electron chi connectivity index (χ1n) is 4.05. The van der Waals surface area contributed by atoms with Gasteiger partial charge in [-0.25, -0.2) is 4.79 Å². The lowest BCUT2D eigenvalue weighted by atomic mass is 10.5. The number of ether oxygens (including phenoxy) is 3. The smallest absolute Gasteiger partial charge is 0.435 e. The summed E-state index contributed by atoms with van der Waals surface area (Å²) < 4.78 is 14.4. The molecule has 4 nitrogen and oxygen atoms in total. The zero-order chi connectivity index (χ0) is 9.56. The molecule has 0 saturated heterocycles. The van der Waals surface area contributed by atoms with E-state index < -0.39 is 12.4 Å². The van der Waals surface area contributed by atoms with Crippen LogP contribution in [0.4, 0.5) is 4.79 Å². The van der Waals surface area contributed by atoms with E-state index in [2.05, 4.69) is 4.74 Å². The number of hydrogen-bond acceptors (Lipinski definition) is 4. The van der Waals surface area contributed by atoms with Crippen molar-refractivity contribution in [2.45, 2.75) is 40.1 Å². The van der Waals surface area contributed by atoms with Crippen molar-refractivity contribution in [1.29, 1.82) is 0 Å². The summed E-state index contributed by atoms with van der Waals surface area (Å²) in [4.78, 5) is 10.7. The van der Waals surface area contributed by atoms with Gasteiger partial charge in [0, 0.05) is 0 Å². The molecule has 0 saturated carbocycles. The predicted octanol–water partition coefficient (Wildman–Crippen LogP) is 1.93. The van der Waals surface area contributed by atoms with E-state index in [0.29, 0.717) is 6.61 Å². The molecule has 4 heteroatoms. The largest absolute Gasteiger partial charge is 0.510 e. The summed E-state index contributed by atoms with van der Waals surface area (Å²) >= 11 is 0. The standard InChI is InChI=1S/C8H16O4/c1-5-10-8(9)12-7(4)11-6(2)3/h6-7H,5H2,1-4H3. The highest BCUT2D eigenvalue weighted by molar-refractivity contribution is 5.59. The van der Waals surface area contributed by atoms with E-state index in [9.17, 15) is 4.79 Å². The van der Waals surface area contributed by atoms with Crippen molar-refractivity contribution in [3.8, 4) is 0 Å². The summed E-state index contributed by atoms with van der Waals surface area (Å²) in [5.41, 5.74) is 0. The molecule has 0 aliphatic heterocycles. The molecule has 0 aromatic rings. The Bertz CT molecular complexity index is 133. The van der Waals surface area contributed by atoms with Gasteiger partial charge in [0.2, 0.25) is 6.29 Å². The van der Waals surface area contributed by atoms with Crippen LogP contribution in [0.3, 0.4) is 0 Å². The second kappa shape index (κ2) is 5.83. The van der Waals surface area contributed by atoms with Crippen LogP contribution in [0.2, 0.25) is 0 Å². The zero-order valence-electron chi connectivity index (χ0n) is 7.99. The molecule has 0 aromatic heterocycles. The molecule has 0 N–H and O–H groups in total. The summed E-state index contributed by atoms with van der Waals surface area (Å²) in [5, 5.41) is 0. The van der Waals surface area contributed by atoms with Gasteiger partial charge in [-0.1, -0.05) is 0 Å². The van der Waals surface area contributed by atoms with Gasteiger partial charge in [-0.05, 0) is 27.7 Å². The van der Waals surface area contributed by atoms with Gasteiger partial charge in [0.05, 0.1) is 12.7 Å². The first-order chi connectivity index (χ1) is 5.56. The van der Waals surface area contributed by atoms with Gasteiger partial charge in [0.15, 0.2) is 0 Å². The van der Waals surface area contributed by atoms with Crippen LogP contribution in [-0.2, 0) is 14.2 Å². The lowest BCUT2D eigenvalue weighted by Crippen LogP contribution is -2.21. The summed E-state index contributed by atoms with van der Waals surface area (Å²) in [6, 6.07) is 0. The number of carbonyl (C=O) groups excluding carboxylic acids is 1. The molecule has 0 fully saturated rings. The van der Waals surface area contributed by atoms with E-state index >= 15 is 0 Å². The maximum absolute atomic E-state index is 10.7. The van der Waals surface area contributed by atoms with Crippen molar-refractivity contribution < 1.29 is 19.0 Å². The minimum atomic E-state index is -0.689. The average molecular weight is 176 g/mol. The van der Waals surface area contributed by atoms with Crippen LogP contribution < -0.4 is 0 Å². The van der Waals surface area contributed by atoms with Crippen LogP contribution in [0, 0.1) is 0 Å². The second-order valence-corrected chi connectivity index (χ2v) is 2.55. The van der Waals surface area contributed by atoms with Crippen LogP contribution in [0.15, 0.2) is 0 Å². The highest BCUT2D eigenvalue weighted by Crippen LogP contribution is 2.00. The van der Waals surface area contributed by atoms with Crippen LogP contribution >= 0.6 is 0 Å². The van der Waals surface area contributed by atoms with Crippen molar-refractivity contribution >= 4 is 6.16 Å². The molecular formula is C8H16O4. The topological polar surface area (TPSA) is 44.8 Å². The van der Waals surface area contributed by atoms with Gasteiger partial charge in [0.1, 0.15) is 0 Å². The first kappa shape index (κ1) is 11.2. The van der Waals surface area contributed by atoms with Crippen LogP contribution in [0.5, 0.6) is 0 Å². The molecule has 0 amide bonds. The Morgan fingerprint density at radius 1 is 1.33 bits per heavy atom. The van der Waals surface area contributed by atoms with Crippen molar-refractivity contribution in [1.82, 2.24) is 0 Å². The number of hydrogen-bond donors (Lipinski definition) is 0. The lowest BCUT2D eigenvalue weighted by molar-refractivity contribution is -0.131. The highest BCUT2D eigenvalue weighted by Gasteiger charge is 2.10. The predicted molar refractivity (Wildman–Crippen MR) is 43.8 cm³/mol. The van der Waals surface area contributed by atoms with Crippen molar-refractivity contribution in [3.63, 3.8) is 0 Å². The Morgan fingerprint density at radius 3 is 2.33 bits per heavy atom. The van der Waals surface area contributed by atoms with Crippen LogP contribution in [0.1, 0.15) is 27.7 Å². The summed E-state index contributed by atoms with van der Waals surface area (Å²) in [7, 11) is 0. The molecule has 0 spiro atoms. The van der Waals surface area contributed by atoms with Crippen LogP contribution in [-0.4, -0.2) is 25.2 Å². The Balaban J connectivity index is 3.54. The number of carbonyl (C=O) groups is 1. The van der Waals surface area contributed by atoms with E-state index in [-0.39, 0.29) is 6.10 Å². The Kier molecular flexibility index (Phi) is 5.45. The van der Waals surface area contributed by atoms with Crippen molar-refractivity contribution in [2.75, 3.05) is 6.61 Å². The second-order valence-electron chi connectivity index (χ2n) is 2.55. The van der Waals surface area contributed by atoms with Crippen LogP contribution in [0.25, 0.3) is 0 Å². The first-order valence-corrected chi connectivity index (χ1v) is 4.05. The van der Waals surface area contributed by atoms with Gasteiger partial charge < -0.3 is 14.2 Å². The monoisotopic (exact) mass is 176 g/mol. The average Bonchev–Trinajstić information content (AvgIpc) is 1.84. The highest BCUT2D eigenvalue weighted by atomic mass is 16.8. The molecule has 0 bridgehead atoms. The van der Waals surface area contributed by atoms with E-state index in [1.54, 1.807) is 13.8 Å². The molecule has 0 aromatic carbocycles. The van der Waals surface area contributed by atoms with Gasteiger partial charge in [0.25, 0.3) is 0 Å². The summed E-state index contributed by atoms with van der Waals surface area (Å²) in [6.45, 7) is 7.41. The lowest BCUT2D eigenvalue weighted by Gasteiger charge is -2.15. The van der Waals surface area contributed by atoms with Crippen molar-refractivity contribution in [3.05, 3.63) is 0 Å². The molecule has 1 unspecified atom stereocenters. The minimum absolute atomic E-state index is 0.0365. The molecule has 0 heterocycles. The quantitative estimate of drug-likeness (QED) is 0.485. The molecular weight excluding hydrogens is 160 g/mol. The Morgan fingerprint density at radius 2 is 1.92 bits per heavy atom. The third-order valence-corrected chi connectivity index (χ3v) is 0.988. The molecule has 72 valence electrons. The molecule has 12 heavy (non-hydrogen) atoms. The fourth-order valence-electron chi connectivity index (χ4n) is 0.698. The molecule has 1 atom stereocenters. The van der Waals surface area contributed by atoms with E-state index in [1.165, 1.54) is 0 Å². The SMILES string of the molecule is CCOC(=O)OC(C)OC(C)C. The van der Waals surface area contributed by atoms with Gasteiger partial charge in [-0.15, -0.1) is 0 Å². The maximum atomic E-state index is 10.7. The number of rotatable bonds is 4. The van der Waals surface area contributed by atoms with E-state index in [4.69, 9.17) is 9.47 Å². The molecule has 0 radical (unpaired) electrons. The van der Waals surface area contributed by atoms with Crippen molar-refractivity contribution in [2.24, 2.45) is 0 Å². The zero-order valence-corrected chi connectivity index (χ0v) is 7.99. The summed E-state index contributed by atoms with van der Waals surface area (Å²) in [5.74, 6) is 0. The minimum Gasteiger partial charge on any atom is -0.435 e.